The van der Waals surface area contributed by atoms with Crippen molar-refractivity contribution in [1.29, 1.82) is 0 Å². The third-order valence-electron chi connectivity index (χ3n) is 3.38. The summed E-state index contributed by atoms with van der Waals surface area (Å²) < 4.78 is 5.99. The summed E-state index contributed by atoms with van der Waals surface area (Å²) in [6.45, 7) is 16.0. The van der Waals surface area contributed by atoms with Crippen molar-refractivity contribution in [3.8, 4) is 5.75 Å². The molecular formula is C18H31NO. The zero-order chi connectivity index (χ0) is 15.2. The maximum Gasteiger partial charge on any atom is 0.123 e. The number of nitrogens with one attached hydrogen (secondary N) is 1. The molecule has 0 amide bonds. The van der Waals surface area contributed by atoms with Crippen molar-refractivity contribution in [3.63, 3.8) is 0 Å². The summed E-state index contributed by atoms with van der Waals surface area (Å²) >= 11 is 0. The van der Waals surface area contributed by atoms with Crippen LogP contribution in [0, 0.1) is 12.8 Å². The van der Waals surface area contributed by atoms with Crippen molar-refractivity contribution < 1.29 is 4.74 Å². The molecular weight excluding hydrogens is 246 g/mol. The first-order valence-electron chi connectivity index (χ1n) is 7.75. The Balaban J connectivity index is 2.49. The molecule has 0 aliphatic rings. The zero-order valence-electron chi connectivity index (χ0n) is 14.0. The van der Waals surface area contributed by atoms with E-state index in [4.69, 9.17) is 4.74 Å². The summed E-state index contributed by atoms with van der Waals surface area (Å²) in [7, 11) is 0. The fourth-order valence-corrected chi connectivity index (χ4v) is 2.12. The fourth-order valence-electron chi connectivity index (χ4n) is 2.12. The molecule has 1 aromatic carbocycles. The third-order valence-corrected chi connectivity index (χ3v) is 3.38. The minimum atomic E-state index is 0.119. The molecule has 20 heavy (non-hydrogen) atoms. The monoisotopic (exact) mass is 277 g/mol. The molecule has 0 fully saturated rings. The summed E-state index contributed by atoms with van der Waals surface area (Å²) in [5.41, 5.74) is 2.65. The Morgan fingerprint density at radius 3 is 2.45 bits per heavy atom. The smallest absolute Gasteiger partial charge is 0.123 e. The maximum absolute atomic E-state index is 5.99. The van der Waals surface area contributed by atoms with Crippen LogP contribution in [-0.2, 0) is 5.41 Å². The Hall–Kier alpha value is -1.02. The Kier molecular flexibility index (Phi) is 6.54. The number of rotatable bonds is 7. The molecule has 2 nitrogen and oxygen atoms in total. The predicted molar refractivity (Wildman–Crippen MR) is 87.7 cm³/mol. The second-order valence-electron chi connectivity index (χ2n) is 7.03. The summed E-state index contributed by atoms with van der Waals surface area (Å²) in [4.78, 5) is 0. The van der Waals surface area contributed by atoms with Crippen LogP contribution in [-0.4, -0.2) is 19.7 Å². The molecule has 0 aliphatic heterocycles. The van der Waals surface area contributed by atoms with Crippen molar-refractivity contribution in [3.05, 3.63) is 29.3 Å². The van der Waals surface area contributed by atoms with E-state index in [1.54, 1.807) is 0 Å². The average Bonchev–Trinajstić information content (AvgIpc) is 2.31. The molecule has 0 heterocycles. The van der Waals surface area contributed by atoms with Gasteiger partial charge in [0.25, 0.3) is 0 Å². The van der Waals surface area contributed by atoms with Gasteiger partial charge in [0.2, 0.25) is 0 Å². The standard InChI is InChI=1S/C18H31NO/c1-14(2)9-10-19-11-12-20-17-13-15(3)7-8-16(17)18(4,5)6/h7-8,13-14,19H,9-12H2,1-6H3. The number of hydrogen-bond acceptors (Lipinski definition) is 2. The molecule has 2 heteroatoms. The molecule has 0 saturated carbocycles. The van der Waals surface area contributed by atoms with Crippen LogP contribution in [0.15, 0.2) is 18.2 Å². The lowest BCUT2D eigenvalue weighted by molar-refractivity contribution is 0.304. The minimum absolute atomic E-state index is 0.119. The van der Waals surface area contributed by atoms with Gasteiger partial charge in [-0.1, -0.05) is 46.8 Å². The zero-order valence-corrected chi connectivity index (χ0v) is 14.0. The Morgan fingerprint density at radius 1 is 1.15 bits per heavy atom. The normalized spacial score (nSPS) is 11.9. The van der Waals surface area contributed by atoms with E-state index in [0.29, 0.717) is 0 Å². The first-order valence-corrected chi connectivity index (χ1v) is 7.75. The van der Waals surface area contributed by atoms with Gasteiger partial charge in [0, 0.05) is 6.54 Å². The van der Waals surface area contributed by atoms with Crippen LogP contribution in [0.2, 0.25) is 0 Å². The lowest BCUT2D eigenvalue weighted by Gasteiger charge is -2.23. The van der Waals surface area contributed by atoms with Crippen LogP contribution >= 0.6 is 0 Å². The van der Waals surface area contributed by atoms with Crippen LogP contribution in [0.25, 0.3) is 0 Å². The van der Waals surface area contributed by atoms with Crippen LogP contribution < -0.4 is 10.1 Å². The molecule has 0 bridgehead atoms. The minimum Gasteiger partial charge on any atom is -0.492 e. The molecule has 0 saturated heterocycles. The average molecular weight is 277 g/mol. The van der Waals surface area contributed by atoms with Crippen molar-refractivity contribution in [2.75, 3.05) is 19.7 Å². The molecule has 0 radical (unpaired) electrons. The summed E-state index contributed by atoms with van der Waals surface area (Å²) in [5, 5.41) is 3.43. The van der Waals surface area contributed by atoms with E-state index < -0.39 is 0 Å². The lowest BCUT2D eigenvalue weighted by atomic mass is 9.86. The van der Waals surface area contributed by atoms with E-state index in [0.717, 1.165) is 31.4 Å². The number of ether oxygens (including phenoxy) is 1. The van der Waals surface area contributed by atoms with Gasteiger partial charge in [-0.3, -0.25) is 0 Å². The van der Waals surface area contributed by atoms with Crippen molar-refractivity contribution in [2.45, 2.75) is 53.4 Å². The van der Waals surface area contributed by atoms with Crippen LogP contribution in [0.5, 0.6) is 5.75 Å². The predicted octanol–water partition coefficient (Wildman–Crippen LogP) is 4.31. The van der Waals surface area contributed by atoms with Gasteiger partial charge in [-0.15, -0.1) is 0 Å². The molecule has 0 spiro atoms. The van der Waals surface area contributed by atoms with Gasteiger partial charge < -0.3 is 10.1 Å². The topological polar surface area (TPSA) is 21.3 Å². The first-order chi connectivity index (χ1) is 9.30. The number of hydrogen-bond donors (Lipinski definition) is 1. The highest BCUT2D eigenvalue weighted by Gasteiger charge is 2.18. The quantitative estimate of drug-likeness (QED) is 0.750. The Labute approximate surface area is 124 Å². The van der Waals surface area contributed by atoms with Gasteiger partial charge in [-0.05, 0) is 48.4 Å². The number of benzene rings is 1. The highest BCUT2D eigenvalue weighted by Crippen LogP contribution is 2.31. The van der Waals surface area contributed by atoms with Gasteiger partial charge in [-0.2, -0.15) is 0 Å². The van der Waals surface area contributed by atoms with Crippen molar-refractivity contribution in [2.24, 2.45) is 5.92 Å². The van der Waals surface area contributed by atoms with E-state index in [1.807, 2.05) is 0 Å². The maximum atomic E-state index is 5.99. The van der Waals surface area contributed by atoms with Gasteiger partial charge in [-0.25, -0.2) is 0 Å². The third kappa shape index (κ3) is 5.96. The van der Waals surface area contributed by atoms with Gasteiger partial charge >= 0.3 is 0 Å². The highest BCUT2D eigenvalue weighted by molar-refractivity contribution is 5.41. The largest absolute Gasteiger partial charge is 0.492 e. The SMILES string of the molecule is Cc1ccc(C(C)(C)C)c(OCCNCCC(C)C)c1. The van der Waals surface area contributed by atoms with Crippen LogP contribution in [0.1, 0.15) is 52.2 Å². The summed E-state index contributed by atoms with van der Waals surface area (Å²) in [6, 6.07) is 6.50. The second-order valence-corrected chi connectivity index (χ2v) is 7.03. The van der Waals surface area contributed by atoms with E-state index >= 15 is 0 Å². The molecule has 1 rings (SSSR count). The molecule has 0 unspecified atom stereocenters. The highest BCUT2D eigenvalue weighted by atomic mass is 16.5. The molecule has 0 aromatic heterocycles. The second kappa shape index (κ2) is 7.68. The van der Waals surface area contributed by atoms with Gasteiger partial charge in [0.1, 0.15) is 12.4 Å². The molecule has 0 aliphatic carbocycles. The fraction of sp³-hybridized carbons (Fsp3) is 0.667. The first kappa shape index (κ1) is 17.0. The molecule has 114 valence electrons. The van der Waals surface area contributed by atoms with Crippen LogP contribution in [0.3, 0.4) is 0 Å². The molecule has 0 atom stereocenters. The Bertz CT molecular complexity index is 404. The van der Waals surface area contributed by atoms with Crippen LogP contribution in [0.4, 0.5) is 0 Å². The van der Waals surface area contributed by atoms with Crippen molar-refractivity contribution >= 4 is 0 Å². The molecule has 1 N–H and O–H groups in total. The van der Waals surface area contributed by atoms with Crippen molar-refractivity contribution in [1.82, 2.24) is 5.32 Å². The molecule has 1 aromatic rings. The van der Waals surface area contributed by atoms with E-state index in [-0.39, 0.29) is 5.41 Å². The van der Waals surface area contributed by atoms with Gasteiger partial charge in [0.15, 0.2) is 0 Å². The Morgan fingerprint density at radius 2 is 1.85 bits per heavy atom. The number of aryl methyl sites for hydroxylation is 1. The summed E-state index contributed by atoms with van der Waals surface area (Å²) in [5.74, 6) is 1.79. The van der Waals surface area contributed by atoms with E-state index in [1.165, 1.54) is 17.5 Å². The van der Waals surface area contributed by atoms with E-state index in [2.05, 4.69) is 65.1 Å². The lowest BCUT2D eigenvalue weighted by Crippen LogP contribution is -2.24. The summed E-state index contributed by atoms with van der Waals surface area (Å²) in [6.07, 6.45) is 1.22. The van der Waals surface area contributed by atoms with E-state index in [9.17, 15) is 0 Å². The van der Waals surface area contributed by atoms with Gasteiger partial charge in [0.05, 0.1) is 0 Å².